The normalized spacial score (nSPS) is 22.2. The quantitative estimate of drug-likeness (QED) is 0.473. The molecule has 9 heteroatoms. The van der Waals surface area contributed by atoms with Gasteiger partial charge in [0.1, 0.15) is 5.82 Å². The minimum atomic E-state index is -0.462. The molecular weight excluding hydrogens is 472 g/mol. The minimum Gasteiger partial charge on any atom is -0.379 e. The molecule has 0 radical (unpaired) electrons. The molecular formula is C25H29ClN4O3S. The number of morpholine rings is 1. The molecule has 1 aliphatic carbocycles. The summed E-state index contributed by atoms with van der Waals surface area (Å²) in [6, 6.07) is 7.38. The number of hydrogen-bond donors (Lipinski definition) is 2. The van der Waals surface area contributed by atoms with Gasteiger partial charge in [-0.3, -0.25) is 14.5 Å². The fourth-order valence-electron chi connectivity index (χ4n) is 5.05. The monoisotopic (exact) mass is 500 g/mol. The van der Waals surface area contributed by atoms with Crippen LogP contribution in [-0.2, 0) is 9.53 Å². The van der Waals surface area contributed by atoms with E-state index in [1.54, 1.807) is 23.9 Å². The Morgan fingerprint density at radius 3 is 2.65 bits per heavy atom. The first kappa shape index (κ1) is 23.6. The fourth-order valence-corrected chi connectivity index (χ4v) is 6.04. The molecule has 1 unspecified atom stereocenters. The molecule has 2 N–H and O–H groups in total. The van der Waals surface area contributed by atoms with Crippen LogP contribution in [0.2, 0.25) is 5.02 Å². The van der Waals surface area contributed by atoms with Gasteiger partial charge < -0.3 is 15.0 Å². The number of Topliss-reactive ketones (excluding diaryl/α,β-unsaturated/α-hetero) is 1. The number of nitrogens with one attached hydrogen (secondary N) is 2. The maximum absolute atomic E-state index is 13.4. The van der Waals surface area contributed by atoms with Crippen LogP contribution in [0.4, 0.5) is 5.82 Å². The fraction of sp³-hybridized carbons (Fsp3) is 0.480. The Morgan fingerprint density at radius 1 is 1.18 bits per heavy atom. The lowest BCUT2D eigenvalue weighted by Crippen LogP contribution is -2.37. The lowest BCUT2D eigenvalue weighted by molar-refractivity contribution is -0.118. The van der Waals surface area contributed by atoms with E-state index in [9.17, 15) is 9.59 Å². The van der Waals surface area contributed by atoms with E-state index in [0.717, 1.165) is 56.3 Å². The summed E-state index contributed by atoms with van der Waals surface area (Å²) < 4.78 is 5.41. The predicted molar refractivity (Wildman–Crippen MR) is 135 cm³/mol. The van der Waals surface area contributed by atoms with Crippen molar-refractivity contribution in [2.45, 2.75) is 37.8 Å². The zero-order chi connectivity index (χ0) is 23.9. The van der Waals surface area contributed by atoms with Crippen LogP contribution in [0.3, 0.4) is 0 Å². The predicted octanol–water partition coefficient (Wildman–Crippen LogP) is 4.05. The van der Waals surface area contributed by atoms with Crippen LogP contribution in [0.1, 0.15) is 43.7 Å². The number of ether oxygens (including phenoxy) is 1. The van der Waals surface area contributed by atoms with E-state index >= 15 is 0 Å². The van der Waals surface area contributed by atoms with Gasteiger partial charge in [-0.2, -0.15) is 0 Å². The number of H-pyrrole nitrogens is 1. The minimum absolute atomic E-state index is 0.0766. The number of ketones is 1. The van der Waals surface area contributed by atoms with Crippen molar-refractivity contribution >= 4 is 35.0 Å². The third-order valence-corrected chi connectivity index (χ3v) is 7.76. The van der Waals surface area contributed by atoms with Crippen molar-refractivity contribution < 1.29 is 9.53 Å². The number of hydrogen-bond acceptors (Lipinski definition) is 7. The van der Waals surface area contributed by atoms with Crippen molar-refractivity contribution in [3.8, 4) is 0 Å². The number of carbonyl (C=O) groups is 1. The van der Waals surface area contributed by atoms with Gasteiger partial charge in [-0.1, -0.05) is 49.3 Å². The molecule has 34 heavy (non-hydrogen) atoms. The van der Waals surface area contributed by atoms with Crippen LogP contribution < -0.4 is 10.9 Å². The van der Waals surface area contributed by atoms with Gasteiger partial charge in [0.05, 0.1) is 18.8 Å². The Hall–Kier alpha value is -2.13. The summed E-state index contributed by atoms with van der Waals surface area (Å²) in [5.41, 5.74) is 2.54. The number of nitrogens with zero attached hydrogens (tertiary/aromatic N) is 2. The van der Waals surface area contributed by atoms with Crippen LogP contribution in [0.15, 0.2) is 45.5 Å². The second-order valence-electron chi connectivity index (χ2n) is 9.88. The molecule has 1 saturated heterocycles. The largest absolute Gasteiger partial charge is 0.379 e. The number of allylic oxidation sites excluding steroid dienone is 2. The maximum Gasteiger partial charge on any atom is 0.257 e. The number of rotatable bonds is 5. The van der Waals surface area contributed by atoms with Gasteiger partial charge in [0.25, 0.3) is 5.56 Å². The van der Waals surface area contributed by atoms with Crippen molar-refractivity contribution in [3.05, 3.63) is 62.0 Å². The Balaban J connectivity index is 1.49. The molecule has 1 fully saturated rings. The molecule has 7 nitrogen and oxygen atoms in total. The highest BCUT2D eigenvalue weighted by Gasteiger charge is 2.42. The van der Waals surface area contributed by atoms with E-state index in [1.165, 1.54) is 0 Å². The third kappa shape index (κ3) is 4.82. The van der Waals surface area contributed by atoms with E-state index < -0.39 is 5.92 Å². The van der Waals surface area contributed by atoms with Crippen molar-refractivity contribution in [3.63, 3.8) is 0 Å². The lowest BCUT2D eigenvalue weighted by Gasteiger charge is -2.38. The SMILES string of the molecule is CC1(C)CC(=O)C2=C(C1)Nc1nc(SCCN3CCOCC3)[nH]c(=O)c1C2c1ccc(Cl)cc1. The Kier molecular flexibility index (Phi) is 6.59. The summed E-state index contributed by atoms with van der Waals surface area (Å²) in [5.74, 6) is 0.979. The van der Waals surface area contributed by atoms with Crippen LogP contribution in [0.25, 0.3) is 0 Å². The van der Waals surface area contributed by atoms with E-state index in [0.29, 0.717) is 33.6 Å². The molecule has 1 aromatic heterocycles. The van der Waals surface area contributed by atoms with Gasteiger partial charge in [0.2, 0.25) is 0 Å². The number of thioether (sulfide) groups is 1. The van der Waals surface area contributed by atoms with Crippen LogP contribution in [-0.4, -0.2) is 59.3 Å². The van der Waals surface area contributed by atoms with Crippen LogP contribution in [0, 0.1) is 5.41 Å². The summed E-state index contributed by atoms with van der Waals surface area (Å²) in [6.07, 6.45) is 1.18. The standard InChI is InChI=1S/C25H29ClN4O3S/c1-25(2)13-17-20(18(31)14-25)19(15-3-5-16(26)6-4-15)21-22(27-17)28-24(29-23(21)32)34-12-9-30-7-10-33-11-8-30/h3-6,19H,7-14H2,1-2H3,(H2,27,28,29,32). The molecule has 0 bridgehead atoms. The Bertz CT molecular complexity index is 1190. The van der Waals surface area contributed by atoms with Gasteiger partial charge in [-0.15, -0.1) is 0 Å². The van der Waals surface area contributed by atoms with Crippen LogP contribution >= 0.6 is 23.4 Å². The lowest BCUT2D eigenvalue weighted by atomic mass is 9.69. The third-order valence-electron chi connectivity index (χ3n) is 6.65. The van der Waals surface area contributed by atoms with E-state index in [2.05, 4.69) is 29.0 Å². The van der Waals surface area contributed by atoms with Gasteiger partial charge in [0, 0.05) is 54.0 Å². The summed E-state index contributed by atoms with van der Waals surface area (Å²) in [7, 11) is 0. The molecule has 2 aromatic rings. The van der Waals surface area contributed by atoms with Crippen molar-refractivity contribution in [1.29, 1.82) is 0 Å². The zero-order valence-electron chi connectivity index (χ0n) is 19.4. The number of fused-ring (bicyclic) bond motifs is 1. The number of benzene rings is 1. The first-order valence-electron chi connectivity index (χ1n) is 11.7. The summed E-state index contributed by atoms with van der Waals surface area (Å²) in [4.78, 5) is 36.8. The second kappa shape index (κ2) is 9.49. The van der Waals surface area contributed by atoms with Gasteiger partial charge >= 0.3 is 0 Å². The smallest absolute Gasteiger partial charge is 0.257 e. The van der Waals surface area contributed by atoms with Gasteiger partial charge in [-0.25, -0.2) is 4.98 Å². The van der Waals surface area contributed by atoms with E-state index in [-0.39, 0.29) is 16.8 Å². The molecule has 3 aliphatic rings. The molecule has 0 spiro atoms. The van der Waals surface area contributed by atoms with E-state index in [4.69, 9.17) is 21.3 Å². The highest BCUT2D eigenvalue weighted by molar-refractivity contribution is 7.99. The number of halogens is 1. The van der Waals surface area contributed by atoms with Gasteiger partial charge in [-0.05, 0) is 29.5 Å². The van der Waals surface area contributed by atoms with E-state index in [1.807, 2.05) is 12.1 Å². The van der Waals surface area contributed by atoms with Crippen molar-refractivity contribution in [2.24, 2.45) is 5.41 Å². The summed E-state index contributed by atoms with van der Waals surface area (Å²) >= 11 is 7.67. The molecule has 180 valence electrons. The van der Waals surface area contributed by atoms with Gasteiger partial charge in [0.15, 0.2) is 10.9 Å². The Labute approximate surface area is 208 Å². The highest BCUT2D eigenvalue weighted by Crippen LogP contribution is 2.47. The zero-order valence-corrected chi connectivity index (χ0v) is 21.0. The Morgan fingerprint density at radius 2 is 1.91 bits per heavy atom. The summed E-state index contributed by atoms with van der Waals surface area (Å²) in [6.45, 7) is 8.50. The molecule has 0 saturated carbocycles. The first-order valence-corrected chi connectivity index (χ1v) is 13.0. The average molecular weight is 501 g/mol. The average Bonchev–Trinajstić information content (AvgIpc) is 2.78. The molecule has 0 amide bonds. The molecule has 1 atom stereocenters. The summed E-state index contributed by atoms with van der Waals surface area (Å²) in [5, 5.41) is 4.58. The second-order valence-corrected chi connectivity index (χ2v) is 11.4. The number of aromatic amines is 1. The molecule has 3 heterocycles. The molecule has 2 aliphatic heterocycles. The number of anilines is 1. The molecule has 5 rings (SSSR count). The molecule has 1 aromatic carbocycles. The van der Waals surface area contributed by atoms with Crippen molar-refractivity contribution in [1.82, 2.24) is 14.9 Å². The first-order chi connectivity index (χ1) is 16.3. The number of carbonyl (C=O) groups excluding carboxylic acids is 1. The number of aromatic nitrogens is 2. The van der Waals surface area contributed by atoms with Crippen LogP contribution in [0.5, 0.6) is 0 Å². The maximum atomic E-state index is 13.4. The topological polar surface area (TPSA) is 87.3 Å². The van der Waals surface area contributed by atoms with Crippen molar-refractivity contribution in [2.75, 3.05) is 43.9 Å². The highest BCUT2D eigenvalue weighted by atomic mass is 35.5.